The van der Waals surface area contributed by atoms with E-state index in [-0.39, 0.29) is 9.91 Å². The molecule has 1 atom stereocenters. The Hall–Kier alpha value is -0.810. The Kier molecular flexibility index (Phi) is 3.35. The fraction of sp³-hybridized carbons (Fsp3) is 0.364. The van der Waals surface area contributed by atoms with Crippen molar-refractivity contribution in [1.82, 2.24) is 0 Å². The van der Waals surface area contributed by atoms with E-state index in [9.17, 15) is 0 Å². The quantitative estimate of drug-likeness (QED) is 0.629. The minimum Gasteiger partial charge on any atom is -0.491 e. The molecule has 5 heteroatoms. The number of ether oxygens (including phenoxy) is 1. The van der Waals surface area contributed by atoms with E-state index in [1.54, 1.807) is 11.8 Å². The Labute approximate surface area is 104 Å². The molecule has 0 radical (unpaired) electrons. The van der Waals surface area contributed by atoms with Gasteiger partial charge in [0.15, 0.2) is 5.17 Å². The highest BCUT2D eigenvalue weighted by atomic mass is 32.2. The first-order valence-corrected chi connectivity index (χ1v) is 6.77. The van der Waals surface area contributed by atoms with Gasteiger partial charge in [-0.25, -0.2) is 0 Å². The minimum atomic E-state index is -0.00924. The zero-order valence-electron chi connectivity index (χ0n) is 9.03. The number of thioether (sulfide) groups is 2. The lowest BCUT2D eigenvalue weighted by Gasteiger charge is -2.33. The summed E-state index contributed by atoms with van der Waals surface area (Å²) in [6, 6.07) is 8.04. The average Bonchev–Trinajstić information content (AvgIpc) is 2.26. The average molecular weight is 254 g/mol. The molecular formula is C11H14N2OS2. The van der Waals surface area contributed by atoms with Crippen molar-refractivity contribution in [3.8, 4) is 5.75 Å². The van der Waals surface area contributed by atoms with Crippen molar-refractivity contribution in [3.05, 3.63) is 24.3 Å². The van der Waals surface area contributed by atoms with E-state index >= 15 is 0 Å². The van der Waals surface area contributed by atoms with Crippen LogP contribution in [0, 0.1) is 5.41 Å². The summed E-state index contributed by atoms with van der Waals surface area (Å²) < 4.78 is 5.72. The van der Waals surface area contributed by atoms with Gasteiger partial charge < -0.3 is 10.5 Å². The lowest BCUT2D eigenvalue weighted by molar-refractivity contribution is 0.275. The maximum atomic E-state index is 7.24. The Bertz CT molecular complexity index is 411. The van der Waals surface area contributed by atoms with Crippen molar-refractivity contribution < 1.29 is 4.74 Å². The molecule has 0 saturated carbocycles. The molecular weight excluding hydrogens is 240 g/mol. The van der Waals surface area contributed by atoms with Gasteiger partial charge in [-0.2, -0.15) is 0 Å². The van der Waals surface area contributed by atoms with E-state index in [2.05, 4.69) is 13.0 Å². The standard InChI is InChI=1S/C11H14N2OS2/c1-11(7-15-10(12)13)6-14-8-4-2-3-5-9(8)16-11/h2-5H,6-7H2,1H3,(H3,12,13)/t11-/m1/s1. The molecule has 0 saturated heterocycles. The Morgan fingerprint density at radius 2 is 2.38 bits per heavy atom. The van der Waals surface area contributed by atoms with E-state index in [1.165, 1.54) is 16.7 Å². The number of amidine groups is 1. The topological polar surface area (TPSA) is 59.1 Å². The Morgan fingerprint density at radius 1 is 1.62 bits per heavy atom. The van der Waals surface area contributed by atoms with Gasteiger partial charge in [0.05, 0.1) is 9.64 Å². The van der Waals surface area contributed by atoms with Gasteiger partial charge in [0.2, 0.25) is 0 Å². The van der Waals surface area contributed by atoms with Gasteiger partial charge in [0, 0.05) is 5.75 Å². The molecule has 1 heterocycles. The van der Waals surface area contributed by atoms with Gasteiger partial charge in [0.25, 0.3) is 0 Å². The van der Waals surface area contributed by atoms with Crippen LogP contribution in [0.2, 0.25) is 0 Å². The maximum Gasteiger partial charge on any atom is 0.151 e. The van der Waals surface area contributed by atoms with Crippen LogP contribution >= 0.6 is 23.5 Å². The molecule has 1 aliphatic heterocycles. The van der Waals surface area contributed by atoms with Crippen molar-refractivity contribution in [3.63, 3.8) is 0 Å². The zero-order valence-corrected chi connectivity index (χ0v) is 10.7. The first-order chi connectivity index (χ1) is 7.59. The van der Waals surface area contributed by atoms with Crippen LogP contribution in [-0.2, 0) is 0 Å². The van der Waals surface area contributed by atoms with Crippen LogP contribution in [0.5, 0.6) is 5.75 Å². The molecule has 0 bridgehead atoms. The first-order valence-electron chi connectivity index (χ1n) is 4.97. The smallest absolute Gasteiger partial charge is 0.151 e. The fourth-order valence-corrected chi connectivity index (χ4v) is 3.46. The van der Waals surface area contributed by atoms with E-state index in [0.29, 0.717) is 6.61 Å². The molecule has 1 aromatic rings. The van der Waals surface area contributed by atoms with Crippen molar-refractivity contribution in [2.75, 3.05) is 12.4 Å². The highest BCUT2D eigenvalue weighted by Gasteiger charge is 2.32. The monoisotopic (exact) mass is 254 g/mol. The highest BCUT2D eigenvalue weighted by molar-refractivity contribution is 8.14. The normalized spacial score (nSPS) is 23.3. The SMILES string of the molecule is C[C@]1(CSC(=N)N)COc2ccccc2S1. The molecule has 1 aliphatic rings. The lowest BCUT2D eigenvalue weighted by Crippen LogP contribution is -2.35. The number of rotatable bonds is 2. The lowest BCUT2D eigenvalue weighted by atomic mass is 10.2. The second-order valence-corrected chi connectivity index (χ2v) is 6.59. The summed E-state index contributed by atoms with van der Waals surface area (Å²) >= 11 is 3.17. The van der Waals surface area contributed by atoms with Crippen LogP contribution in [0.15, 0.2) is 29.2 Å². The number of fused-ring (bicyclic) bond motifs is 1. The number of hydrogen-bond acceptors (Lipinski definition) is 4. The van der Waals surface area contributed by atoms with Crippen molar-refractivity contribution in [1.29, 1.82) is 5.41 Å². The summed E-state index contributed by atoms with van der Waals surface area (Å²) in [5.41, 5.74) is 5.36. The van der Waals surface area contributed by atoms with E-state index in [0.717, 1.165) is 11.5 Å². The second-order valence-electron chi connectivity index (χ2n) is 3.94. The third-order valence-corrected chi connectivity index (χ3v) is 4.86. The first kappa shape index (κ1) is 11.7. The molecule has 0 aliphatic carbocycles. The number of nitrogens with two attached hydrogens (primary N) is 1. The van der Waals surface area contributed by atoms with Gasteiger partial charge in [-0.15, -0.1) is 11.8 Å². The minimum absolute atomic E-state index is 0.00924. The van der Waals surface area contributed by atoms with Crippen LogP contribution < -0.4 is 10.5 Å². The third kappa shape index (κ3) is 2.65. The van der Waals surface area contributed by atoms with Crippen LogP contribution in [0.4, 0.5) is 0 Å². The summed E-state index contributed by atoms with van der Waals surface area (Å²) in [5, 5.41) is 7.40. The molecule has 0 aromatic heterocycles. The van der Waals surface area contributed by atoms with Crippen LogP contribution in [-0.4, -0.2) is 22.3 Å². The summed E-state index contributed by atoms with van der Waals surface area (Å²) in [4.78, 5) is 1.17. The molecule has 3 nitrogen and oxygen atoms in total. The fourth-order valence-electron chi connectivity index (χ4n) is 1.48. The van der Waals surface area contributed by atoms with Gasteiger partial charge in [-0.05, 0) is 19.1 Å². The summed E-state index contributed by atoms with van der Waals surface area (Å²) in [5.74, 6) is 1.75. The predicted octanol–water partition coefficient (Wildman–Crippen LogP) is 2.56. The molecule has 86 valence electrons. The molecule has 0 spiro atoms. The van der Waals surface area contributed by atoms with E-state index in [4.69, 9.17) is 15.9 Å². The number of para-hydroxylation sites is 1. The summed E-state index contributed by atoms with van der Waals surface area (Å²) in [7, 11) is 0. The highest BCUT2D eigenvalue weighted by Crippen LogP contribution is 2.44. The second kappa shape index (κ2) is 4.59. The zero-order chi connectivity index (χ0) is 11.6. The molecule has 1 aromatic carbocycles. The van der Waals surface area contributed by atoms with Crippen LogP contribution in [0.3, 0.4) is 0 Å². The molecule has 3 N–H and O–H groups in total. The molecule has 16 heavy (non-hydrogen) atoms. The molecule has 0 fully saturated rings. The van der Waals surface area contributed by atoms with Crippen LogP contribution in [0.25, 0.3) is 0 Å². The van der Waals surface area contributed by atoms with Crippen LogP contribution in [0.1, 0.15) is 6.92 Å². The van der Waals surface area contributed by atoms with Gasteiger partial charge in [-0.1, -0.05) is 23.9 Å². The predicted molar refractivity (Wildman–Crippen MR) is 70.6 cm³/mol. The molecule has 0 unspecified atom stereocenters. The van der Waals surface area contributed by atoms with Gasteiger partial charge >= 0.3 is 0 Å². The van der Waals surface area contributed by atoms with E-state index in [1.807, 2.05) is 18.2 Å². The third-order valence-electron chi connectivity index (χ3n) is 2.27. The van der Waals surface area contributed by atoms with Gasteiger partial charge in [0.1, 0.15) is 12.4 Å². The molecule has 2 rings (SSSR count). The largest absolute Gasteiger partial charge is 0.491 e. The summed E-state index contributed by atoms with van der Waals surface area (Å²) in [6.07, 6.45) is 0. The van der Waals surface area contributed by atoms with Crippen molar-refractivity contribution in [2.45, 2.75) is 16.6 Å². The number of nitrogens with one attached hydrogen (secondary N) is 1. The Balaban J connectivity index is 2.08. The van der Waals surface area contributed by atoms with Crippen molar-refractivity contribution in [2.24, 2.45) is 5.73 Å². The number of benzene rings is 1. The van der Waals surface area contributed by atoms with Crippen molar-refractivity contribution >= 4 is 28.7 Å². The van der Waals surface area contributed by atoms with Gasteiger partial charge in [-0.3, -0.25) is 5.41 Å². The Morgan fingerprint density at radius 3 is 3.12 bits per heavy atom. The molecule has 0 amide bonds. The summed E-state index contributed by atoms with van der Waals surface area (Å²) in [6.45, 7) is 2.80. The number of hydrogen-bond donors (Lipinski definition) is 2. The van der Waals surface area contributed by atoms with E-state index < -0.39 is 0 Å². The maximum absolute atomic E-state index is 7.24.